The lowest BCUT2D eigenvalue weighted by Crippen LogP contribution is -2.11. The molecular formula is C9H10O6S3. The fourth-order valence-corrected chi connectivity index (χ4v) is 4.44. The fraction of sp³-hybridized carbons (Fsp3) is 0.222. The number of hydrogen-bond donors (Lipinski definition) is 2. The zero-order valence-electron chi connectivity index (χ0n) is 9.41. The summed E-state index contributed by atoms with van der Waals surface area (Å²) in [4.78, 5) is 9.64. The molecule has 0 unspecified atom stereocenters. The number of carbonyl (C=O) groups is 1. The number of aromatic carboxylic acids is 1. The van der Waals surface area contributed by atoms with Gasteiger partial charge in [-0.2, -0.15) is 0 Å². The molecule has 0 fully saturated rings. The third-order valence-electron chi connectivity index (χ3n) is 2.10. The van der Waals surface area contributed by atoms with E-state index in [-0.39, 0.29) is 9.79 Å². The Labute approximate surface area is 110 Å². The Bertz CT molecular complexity index is 715. The lowest BCUT2D eigenvalue weighted by Gasteiger charge is -2.10. The lowest BCUT2D eigenvalue weighted by atomic mass is 10.2. The Kier molecular flexibility index (Phi) is 3.80. The molecule has 1 aromatic rings. The van der Waals surface area contributed by atoms with Crippen molar-refractivity contribution >= 4 is 38.3 Å². The van der Waals surface area contributed by atoms with Crippen LogP contribution in [0.2, 0.25) is 0 Å². The van der Waals surface area contributed by atoms with E-state index in [2.05, 4.69) is 12.6 Å². The lowest BCUT2D eigenvalue weighted by molar-refractivity contribution is 0.0692. The van der Waals surface area contributed by atoms with Gasteiger partial charge in [0.25, 0.3) is 0 Å². The third kappa shape index (κ3) is 2.85. The molecule has 0 spiro atoms. The Morgan fingerprint density at radius 3 is 1.94 bits per heavy atom. The molecule has 100 valence electrons. The molecule has 6 nitrogen and oxygen atoms in total. The molecule has 1 aromatic carbocycles. The van der Waals surface area contributed by atoms with Gasteiger partial charge in [0.2, 0.25) is 0 Å². The number of hydrogen-bond acceptors (Lipinski definition) is 6. The van der Waals surface area contributed by atoms with Crippen molar-refractivity contribution in [3.63, 3.8) is 0 Å². The number of thiol groups is 1. The maximum absolute atomic E-state index is 11.6. The largest absolute Gasteiger partial charge is 0.478 e. The van der Waals surface area contributed by atoms with Crippen LogP contribution in [0.15, 0.2) is 26.8 Å². The molecule has 0 aromatic heterocycles. The van der Waals surface area contributed by atoms with Crippen molar-refractivity contribution in [3.8, 4) is 0 Å². The summed E-state index contributed by atoms with van der Waals surface area (Å²) in [6.45, 7) is 0. The summed E-state index contributed by atoms with van der Waals surface area (Å²) in [6, 6.07) is 1.96. The highest BCUT2D eigenvalue weighted by Crippen LogP contribution is 2.30. The van der Waals surface area contributed by atoms with Gasteiger partial charge < -0.3 is 5.11 Å². The Balaban J connectivity index is 3.90. The van der Waals surface area contributed by atoms with Crippen LogP contribution in [0.1, 0.15) is 10.4 Å². The molecule has 0 bridgehead atoms. The minimum absolute atomic E-state index is 0.323. The molecule has 0 amide bonds. The number of sulfone groups is 2. The normalized spacial score (nSPS) is 12.4. The van der Waals surface area contributed by atoms with Gasteiger partial charge in [0.05, 0.1) is 15.4 Å². The topological polar surface area (TPSA) is 106 Å². The third-order valence-corrected chi connectivity index (χ3v) is 5.17. The van der Waals surface area contributed by atoms with Crippen LogP contribution in [-0.4, -0.2) is 40.4 Å². The zero-order valence-corrected chi connectivity index (χ0v) is 11.9. The van der Waals surface area contributed by atoms with E-state index in [1.807, 2.05) is 0 Å². The van der Waals surface area contributed by atoms with Gasteiger partial charge in [0.15, 0.2) is 19.7 Å². The minimum Gasteiger partial charge on any atom is -0.478 e. The molecule has 0 aliphatic rings. The average molecular weight is 310 g/mol. The molecule has 0 aliphatic heterocycles. The molecule has 1 rings (SSSR count). The van der Waals surface area contributed by atoms with Gasteiger partial charge >= 0.3 is 5.97 Å². The van der Waals surface area contributed by atoms with Crippen LogP contribution >= 0.6 is 12.6 Å². The zero-order chi connectivity index (χ0) is 14.3. The van der Waals surface area contributed by atoms with Gasteiger partial charge in [-0.25, -0.2) is 21.6 Å². The van der Waals surface area contributed by atoms with Crippen LogP contribution in [0.4, 0.5) is 0 Å². The Morgan fingerprint density at radius 2 is 1.61 bits per heavy atom. The number of rotatable bonds is 3. The van der Waals surface area contributed by atoms with Crippen molar-refractivity contribution in [2.45, 2.75) is 14.7 Å². The van der Waals surface area contributed by atoms with Gasteiger partial charge in [-0.1, -0.05) is 0 Å². The van der Waals surface area contributed by atoms with Crippen molar-refractivity contribution < 1.29 is 26.7 Å². The number of carboxylic acid groups (broad SMARTS) is 1. The molecule has 0 heterocycles. The number of benzene rings is 1. The molecule has 0 radical (unpaired) electrons. The second kappa shape index (κ2) is 4.56. The monoisotopic (exact) mass is 310 g/mol. The Morgan fingerprint density at radius 1 is 1.11 bits per heavy atom. The first-order valence-corrected chi connectivity index (χ1v) is 8.68. The van der Waals surface area contributed by atoms with Crippen molar-refractivity contribution in [2.75, 3.05) is 12.5 Å². The highest BCUT2D eigenvalue weighted by Gasteiger charge is 2.26. The average Bonchev–Trinajstić information content (AvgIpc) is 2.12. The van der Waals surface area contributed by atoms with Gasteiger partial charge in [-0.05, 0) is 12.1 Å². The van der Waals surface area contributed by atoms with Crippen LogP contribution in [0, 0.1) is 0 Å². The second-order valence-corrected chi connectivity index (χ2v) is 8.02. The van der Waals surface area contributed by atoms with E-state index < -0.39 is 36.1 Å². The van der Waals surface area contributed by atoms with Gasteiger partial charge in [-0.3, -0.25) is 0 Å². The van der Waals surface area contributed by atoms with E-state index in [1.54, 1.807) is 0 Å². The fourth-order valence-electron chi connectivity index (χ4n) is 1.40. The standard InChI is InChI=1S/C9H10O6S3/c1-17(12,13)6-4-3-5(9(10)11)8(7(6)16)18(2,14)15/h3-4,16H,1-2H3,(H,10,11). The van der Waals surface area contributed by atoms with Crippen molar-refractivity contribution in [1.82, 2.24) is 0 Å². The molecule has 1 N–H and O–H groups in total. The molecule has 0 saturated carbocycles. The molecule has 0 aliphatic carbocycles. The molecule has 9 heteroatoms. The summed E-state index contributed by atoms with van der Waals surface area (Å²) in [5, 5.41) is 8.90. The highest BCUT2D eigenvalue weighted by atomic mass is 32.2. The van der Waals surface area contributed by atoms with Gasteiger partial charge in [0, 0.05) is 17.4 Å². The molecule has 0 atom stereocenters. The van der Waals surface area contributed by atoms with Gasteiger partial charge in [-0.15, -0.1) is 12.6 Å². The van der Waals surface area contributed by atoms with E-state index in [4.69, 9.17) is 5.11 Å². The van der Waals surface area contributed by atoms with Crippen LogP contribution in [0.3, 0.4) is 0 Å². The molecular weight excluding hydrogens is 300 g/mol. The quantitative estimate of drug-likeness (QED) is 0.787. The van der Waals surface area contributed by atoms with E-state index in [9.17, 15) is 21.6 Å². The van der Waals surface area contributed by atoms with Gasteiger partial charge in [0.1, 0.15) is 0 Å². The minimum atomic E-state index is -3.91. The summed E-state index contributed by atoms with van der Waals surface area (Å²) in [7, 11) is -7.61. The molecule has 0 saturated heterocycles. The predicted octanol–water partition coefficient (Wildman–Crippen LogP) is 0.481. The number of carboxylic acids is 1. The van der Waals surface area contributed by atoms with Crippen LogP contribution in [0.5, 0.6) is 0 Å². The summed E-state index contributed by atoms with van der Waals surface area (Å²) < 4.78 is 45.9. The van der Waals surface area contributed by atoms with E-state index in [0.29, 0.717) is 0 Å². The SMILES string of the molecule is CS(=O)(=O)c1ccc(C(=O)O)c(S(C)(=O)=O)c1S. The highest BCUT2D eigenvalue weighted by molar-refractivity contribution is 7.93. The first-order chi connectivity index (χ1) is 7.96. The molecule has 18 heavy (non-hydrogen) atoms. The second-order valence-electron chi connectivity index (χ2n) is 3.64. The summed E-state index contributed by atoms with van der Waals surface area (Å²) in [5.74, 6) is -1.47. The van der Waals surface area contributed by atoms with Crippen molar-refractivity contribution in [3.05, 3.63) is 17.7 Å². The van der Waals surface area contributed by atoms with Crippen molar-refractivity contribution in [2.24, 2.45) is 0 Å². The van der Waals surface area contributed by atoms with E-state index in [1.165, 1.54) is 0 Å². The van der Waals surface area contributed by atoms with Crippen molar-refractivity contribution in [1.29, 1.82) is 0 Å². The van der Waals surface area contributed by atoms with Crippen LogP contribution in [0.25, 0.3) is 0 Å². The summed E-state index contributed by atoms with van der Waals surface area (Å²) >= 11 is 3.84. The maximum Gasteiger partial charge on any atom is 0.337 e. The summed E-state index contributed by atoms with van der Waals surface area (Å²) in [6.07, 6.45) is 1.68. The van der Waals surface area contributed by atoms with Crippen LogP contribution < -0.4 is 0 Å². The Hall–Kier alpha value is -1.06. The van der Waals surface area contributed by atoms with Crippen LogP contribution in [-0.2, 0) is 19.7 Å². The first kappa shape index (κ1) is 15.0. The summed E-state index contributed by atoms with van der Waals surface area (Å²) in [5.41, 5.74) is -0.505. The predicted molar refractivity (Wildman–Crippen MR) is 66.9 cm³/mol. The van der Waals surface area contributed by atoms with E-state index in [0.717, 1.165) is 24.6 Å². The van der Waals surface area contributed by atoms with E-state index >= 15 is 0 Å². The first-order valence-electron chi connectivity index (χ1n) is 4.45. The maximum atomic E-state index is 11.6. The smallest absolute Gasteiger partial charge is 0.337 e.